The summed E-state index contributed by atoms with van der Waals surface area (Å²) in [5, 5.41) is 3.18. The van der Waals surface area contributed by atoms with E-state index in [-0.39, 0.29) is 12.0 Å². The van der Waals surface area contributed by atoms with Crippen LogP contribution in [-0.4, -0.2) is 36.5 Å². The van der Waals surface area contributed by atoms with Crippen molar-refractivity contribution in [1.29, 1.82) is 0 Å². The molecular weight excluding hydrogens is 192 g/mol. The summed E-state index contributed by atoms with van der Waals surface area (Å²) in [6.07, 6.45) is 7.36. The maximum absolute atomic E-state index is 12.1. The number of amides is 1. The van der Waals surface area contributed by atoms with Gasteiger partial charge in [0.15, 0.2) is 0 Å². The van der Waals surface area contributed by atoms with Gasteiger partial charge < -0.3 is 15.0 Å². The number of allylic oxidation sites excluding steroid dienone is 1. The van der Waals surface area contributed by atoms with Crippen LogP contribution in [0.5, 0.6) is 0 Å². The van der Waals surface area contributed by atoms with E-state index in [0.29, 0.717) is 13.1 Å². The fourth-order valence-corrected chi connectivity index (χ4v) is 2.07. The van der Waals surface area contributed by atoms with Crippen LogP contribution in [-0.2, 0) is 9.53 Å². The number of nitrogens with one attached hydrogen (secondary N) is 1. The lowest BCUT2D eigenvalue weighted by molar-refractivity contribution is -0.125. The van der Waals surface area contributed by atoms with E-state index in [9.17, 15) is 4.79 Å². The molecule has 0 aliphatic carbocycles. The first-order chi connectivity index (χ1) is 7.36. The lowest BCUT2D eigenvalue weighted by Crippen LogP contribution is -2.39. The molecule has 3 heterocycles. The maximum Gasteiger partial charge on any atom is 0.258 e. The van der Waals surface area contributed by atoms with Crippen molar-refractivity contribution in [2.24, 2.45) is 0 Å². The summed E-state index contributed by atoms with van der Waals surface area (Å²) < 4.78 is 5.58. The van der Waals surface area contributed by atoms with E-state index in [1.165, 1.54) is 0 Å². The lowest BCUT2D eigenvalue weighted by atomic mass is 10.1. The highest BCUT2D eigenvalue weighted by atomic mass is 16.5. The third-order valence-electron chi connectivity index (χ3n) is 2.88. The van der Waals surface area contributed by atoms with Crippen molar-refractivity contribution in [1.82, 2.24) is 10.2 Å². The van der Waals surface area contributed by atoms with E-state index in [1.807, 2.05) is 18.2 Å². The van der Waals surface area contributed by atoms with Crippen molar-refractivity contribution in [3.8, 4) is 0 Å². The molecule has 0 saturated heterocycles. The summed E-state index contributed by atoms with van der Waals surface area (Å²) in [5.41, 5.74) is 1.64. The van der Waals surface area contributed by atoms with E-state index < -0.39 is 0 Å². The van der Waals surface area contributed by atoms with E-state index >= 15 is 0 Å². The van der Waals surface area contributed by atoms with Crippen LogP contribution in [0.4, 0.5) is 0 Å². The first-order valence-corrected chi connectivity index (χ1v) is 5.11. The predicted octanol–water partition coefficient (Wildman–Crippen LogP) is 0.155. The molecule has 4 heteroatoms. The molecule has 0 fully saturated rings. The SMILES string of the molecule is O=C1C2=CCNC[C@H]2OC=C2C=CCN12. The Hall–Kier alpha value is -1.55. The van der Waals surface area contributed by atoms with Gasteiger partial charge in [-0.05, 0) is 6.08 Å². The van der Waals surface area contributed by atoms with Gasteiger partial charge in [0.25, 0.3) is 5.91 Å². The average molecular weight is 204 g/mol. The fraction of sp³-hybridized carbons (Fsp3) is 0.364. The summed E-state index contributed by atoms with van der Waals surface area (Å²) in [4.78, 5) is 13.9. The van der Waals surface area contributed by atoms with Crippen molar-refractivity contribution in [3.63, 3.8) is 0 Å². The molecule has 0 aromatic carbocycles. The molecule has 0 radical (unpaired) electrons. The van der Waals surface area contributed by atoms with E-state index in [0.717, 1.165) is 17.8 Å². The zero-order valence-corrected chi connectivity index (χ0v) is 8.27. The number of carbonyl (C=O) groups excluding carboxylic acids is 1. The molecule has 3 aliphatic heterocycles. The van der Waals surface area contributed by atoms with Gasteiger partial charge in [-0.15, -0.1) is 0 Å². The molecule has 15 heavy (non-hydrogen) atoms. The Morgan fingerprint density at radius 1 is 1.53 bits per heavy atom. The van der Waals surface area contributed by atoms with Gasteiger partial charge in [0.1, 0.15) is 12.4 Å². The minimum atomic E-state index is -0.127. The van der Waals surface area contributed by atoms with Crippen LogP contribution in [0.1, 0.15) is 0 Å². The minimum Gasteiger partial charge on any atom is -0.490 e. The van der Waals surface area contributed by atoms with Crippen LogP contribution in [0.2, 0.25) is 0 Å². The molecular formula is C11H12N2O2. The Balaban J connectivity index is 2.00. The molecule has 0 aromatic heterocycles. The normalized spacial score (nSPS) is 28.7. The van der Waals surface area contributed by atoms with Gasteiger partial charge in [-0.1, -0.05) is 12.2 Å². The Morgan fingerprint density at radius 3 is 3.40 bits per heavy atom. The summed E-state index contributed by atoms with van der Waals surface area (Å²) in [6.45, 7) is 2.11. The second kappa shape index (κ2) is 3.24. The molecule has 1 amide bonds. The van der Waals surface area contributed by atoms with Crippen LogP contribution in [0.25, 0.3) is 0 Å². The van der Waals surface area contributed by atoms with Crippen molar-refractivity contribution in [2.45, 2.75) is 6.10 Å². The summed E-state index contributed by atoms with van der Waals surface area (Å²) in [6, 6.07) is 0. The smallest absolute Gasteiger partial charge is 0.258 e. The van der Waals surface area contributed by atoms with E-state index in [2.05, 4.69) is 5.32 Å². The molecule has 78 valence electrons. The summed E-state index contributed by atoms with van der Waals surface area (Å²) in [7, 11) is 0. The molecule has 0 unspecified atom stereocenters. The zero-order chi connectivity index (χ0) is 10.3. The minimum absolute atomic E-state index is 0.0789. The van der Waals surface area contributed by atoms with Crippen molar-refractivity contribution in [2.75, 3.05) is 19.6 Å². The number of rotatable bonds is 0. The molecule has 0 bridgehead atoms. The Labute approximate surface area is 87.9 Å². The second-order valence-corrected chi connectivity index (χ2v) is 3.80. The topological polar surface area (TPSA) is 41.6 Å². The molecule has 3 rings (SSSR count). The number of nitrogens with zero attached hydrogens (tertiary/aromatic N) is 1. The Kier molecular flexibility index (Phi) is 1.89. The van der Waals surface area contributed by atoms with Crippen LogP contribution in [0, 0.1) is 0 Å². The number of carbonyl (C=O) groups is 1. The molecule has 0 spiro atoms. The number of hydrogen-bond acceptors (Lipinski definition) is 3. The lowest BCUT2D eigenvalue weighted by Gasteiger charge is -2.23. The van der Waals surface area contributed by atoms with Crippen LogP contribution < -0.4 is 5.32 Å². The zero-order valence-electron chi connectivity index (χ0n) is 8.27. The van der Waals surface area contributed by atoms with Gasteiger partial charge in [-0.3, -0.25) is 4.79 Å². The predicted molar refractivity (Wildman–Crippen MR) is 54.8 cm³/mol. The molecule has 0 aromatic rings. The molecule has 3 aliphatic rings. The highest BCUT2D eigenvalue weighted by Gasteiger charge is 2.32. The third kappa shape index (κ3) is 1.29. The molecule has 4 nitrogen and oxygen atoms in total. The van der Waals surface area contributed by atoms with Crippen LogP contribution >= 0.6 is 0 Å². The van der Waals surface area contributed by atoms with Gasteiger partial charge in [-0.2, -0.15) is 0 Å². The van der Waals surface area contributed by atoms with Gasteiger partial charge in [-0.25, -0.2) is 0 Å². The largest absolute Gasteiger partial charge is 0.490 e. The molecule has 1 atom stereocenters. The van der Waals surface area contributed by atoms with Crippen molar-refractivity contribution < 1.29 is 9.53 Å². The van der Waals surface area contributed by atoms with Crippen molar-refractivity contribution >= 4 is 5.91 Å². The molecule has 0 saturated carbocycles. The van der Waals surface area contributed by atoms with Crippen LogP contribution in [0.3, 0.4) is 0 Å². The van der Waals surface area contributed by atoms with Gasteiger partial charge >= 0.3 is 0 Å². The standard InChI is InChI=1S/C11H12N2O2/c14-11-9-3-4-12-6-10(9)15-7-8-2-1-5-13(8)11/h1-3,7,10,12H,4-6H2/t10-/m1/s1. The van der Waals surface area contributed by atoms with Gasteiger partial charge in [0.05, 0.1) is 11.3 Å². The maximum atomic E-state index is 12.1. The summed E-state index contributed by atoms with van der Waals surface area (Å²) in [5.74, 6) is 0.0789. The fourth-order valence-electron chi connectivity index (χ4n) is 2.07. The monoisotopic (exact) mass is 204 g/mol. The quantitative estimate of drug-likeness (QED) is 0.611. The van der Waals surface area contributed by atoms with E-state index in [4.69, 9.17) is 4.74 Å². The number of ether oxygens (including phenoxy) is 1. The Morgan fingerprint density at radius 2 is 2.47 bits per heavy atom. The van der Waals surface area contributed by atoms with Gasteiger partial charge in [0, 0.05) is 19.6 Å². The number of hydrogen-bond donors (Lipinski definition) is 1. The van der Waals surface area contributed by atoms with E-state index in [1.54, 1.807) is 11.2 Å². The van der Waals surface area contributed by atoms with Gasteiger partial charge in [0.2, 0.25) is 0 Å². The number of fused-ring (bicyclic) bond motifs is 2. The summed E-state index contributed by atoms with van der Waals surface area (Å²) >= 11 is 0. The second-order valence-electron chi connectivity index (χ2n) is 3.80. The highest BCUT2D eigenvalue weighted by molar-refractivity contribution is 5.97. The van der Waals surface area contributed by atoms with Crippen LogP contribution in [0.15, 0.2) is 35.8 Å². The highest BCUT2D eigenvalue weighted by Crippen LogP contribution is 2.24. The first-order valence-electron chi connectivity index (χ1n) is 5.11. The Bertz CT molecular complexity index is 395. The average Bonchev–Trinajstić information content (AvgIpc) is 2.69. The third-order valence-corrected chi connectivity index (χ3v) is 2.88. The molecule has 1 N–H and O–H groups in total. The van der Waals surface area contributed by atoms with Crippen molar-refractivity contribution in [3.05, 3.63) is 35.8 Å². The first kappa shape index (κ1) is 8.73.